The Balaban J connectivity index is 2.21. The van der Waals surface area contributed by atoms with Crippen LogP contribution in [0, 0.1) is 0 Å². The van der Waals surface area contributed by atoms with Crippen LogP contribution in [0.25, 0.3) is 0 Å². The van der Waals surface area contributed by atoms with E-state index >= 15 is 0 Å². The molecule has 0 aliphatic carbocycles. The van der Waals surface area contributed by atoms with E-state index in [0.29, 0.717) is 11.7 Å². The second kappa shape index (κ2) is 4.74. The second-order valence-corrected chi connectivity index (χ2v) is 3.57. The first kappa shape index (κ1) is 11.9. The maximum Gasteiger partial charge on any atom is 0.262 e. The average Bonchev–Trinajstić information content (AvgIpc) is 2.69. The van der Waals surface area contributed by atoms with Crippen molar-refractivity contribution in [1.82, 2.24) is 14.8 Å². The van der Waals surface area contributed by atoms with Crippen LogP contribution in [0.3, 0.4) is 0 Å². The number of rotatable bonds is 3. The molecule has 0 atom stereocenters. The third-order valence-corrected chi connectivity index (χ3v) is 2.36. The van der Waals surface area contributed by atoms with Crippen LogP contribution in [0.4, 0.5) is 5.82 Å². The number of nitrogens with zero attached hydrogens (tertiary/aromatic N) is 2. The van der Waals surface area contributed by atoms with Gasteiger partial charge in [-0.1, -0.05) is 0 Å². The number of methoxy groups -OCH3 is 1. The van der Waals surface area contributed by atoms with E-state index in [2.05, 4.69) is 15.4 Å². The smallest absolute Gasteiger partial charge is 0.262 e. The first-order valence-electron chi connectivity index (χ1n) is 5.18. The number of hydrogen-bond donors (Lipinski definition) is 2. The van der Waals surface area contributed by atoms with Crippen molar-refractivity contribution in [3.63, 3.8) is 0 Å². The Bertz CT molecular complexity index is 629. The van der Waals surface area contributed by atoms with Gasteiger partial charge in [-0.3, -0.25) is 9.59 Å². The molecule has 18 heavy (non-hydrogen) atoms. The highest BCUT2D eigenvalue weighted by Gasteiger charge is 2.12. The molecular weight excluding hydrogens is 236 g/mol. The largest absolute Gasteiger partial charge is 0.481 e. The molecule has 0 aliphatic rings. The Hall–Kier alpha value is -2.57. The summed E-state index contributed by atoms with van der Waals surface area (Å²) in [6.45, 7) is 0. The van der Waals surface area contributed by atoms with Crippen molar-refractivity contribution in [3.05, 3.63) is 40.3 Å². The number of carbonyl (C=O) groups excluding carboxylic acids is 1. The molecule has 2 aromatic rings. The summed E-state index contributed by atoms with van der Waals surface area (Å²) in [5, 5.41) is 6.55. The summed E-state index contributed by atoms with van der Waals surface area (Å²) >= 11 is 0. The number of anilines is 1. The molecule has 7 nitrogen and oxygen atoms in total. The van der Waals surface area contributed by atoms with Crippen molar-refractivity contribution in [1.29, 1.82) is 0 Å². The summed E-state index contributed by atoms with van der Waals surface area (Å²) in [7, 11) is 3.19. The van der Waals surface area contributed by atoms with Gasteiger partial charge in [0.15, 0.2) is 11.2 Å². The first-order chi connectivity index (χ1) is 8.61. The van der Waals surface area contributed by atoms with Gasteiger partial charge in [0, 0.05) is 31.6 Å². The molecule has 94 valence electrons. The zero-order valence-electron chi connectivity index (χ0n) is 9.93. The van der Waals surface area contributed by atoms with E-state index in [1.54, 1.807) is 13.1 Å². The van der Waals surface area contributed by atoms with Crippen LogP contribution in [-0.4, -0.2) is 27.8 Å². The van der Waals surface area contributed by atoms with E-state index in [0.717, 1.165) is 0 Å². The van der Waals surface area contributed by atoms with Gasteiger partial charge in [0.05, 0.1) is 7.11 Å². The van der Waals surface area contributed by atoms with Gasteiger partial charge in [0.1, 0.15) is 5.56 Å². The summed E-state index contributed by atoms with van der Waals surface area (Å²) in [6.07, 6.45) is 2.81. The normalized spacial score (nSPS) is 10.1. The lowest BCUT2D eigenvalue weighted by Crippen LogP contribution is -2.21. The minimum atomic E-state index is -0.516. The molecule has 0 saturated carbocycles. The van der Waals surface area contributed by atoms with Crippen LogP contribution in [-0.2, 0) is 7.05 Å². The highest BCUT2D eigenvalue weighted by Crippen LogP contribution is 2.15. The molecule has 0 spiro atoms. The van der Waals surface area contributed by atoms with E-state index < -0.39 is 5.91 Å². The zero-order chi connectivity index (χ0) is 13.1. The standard InChI is InChI=1S/C11H12N4O3/c1-15-10(18-2)5-9(14-15)13-11(17)7-6-12-4-3-8(7)16/h3-6H,1-2H3,(H,12,16)(H,13,14,17). The topological polar surface area (TPSA) is 89.0 Å². The van der Waals surface area contributed by atoms with Gasteiger partial charge in [0.25, 0.3) is 5.91 Å². The highest BCUT2D eigenvalue weighted by molar-refractivity contribution is 6.03. The van der Waals surface area contributed by atoms with Gasteiger partial charge in [-0.15, -0.1) is 0 Å². The fourth-order valence-corrected chi connectivity index (χ4v) is 1.48. The van der Waals surface area contributed by atoms with E-state index in [-0.39, 0.29) is 11.0 Å². The van der Waals surface area contributed by atoms with E-state index in [1.165, 1.54) is 30.3 Å². The van der Waals surface area contributed by atoms with E-state index in [4.69, 9.17) is 4.74 Å². The molecule has 2 aromatic heterocycles. The number of aryl methyl sites for hydroxylation is 1. The predicted molar refractivity (Wildman–Crippen MR) is 64.8 cm³/mol. The van der Waals surface area contributed by atoms with Crippen molar-refractivity contribution in [2.24, 2.45) is 7.05 Å². The number of hydrogen-bond acceptors (Lipinski definition) is 4. The van der Waals surface area contributed by atoms with Crippen LogP contribution < -0.4 is 15.5 Å². The zero-order valence-corrected chi connectivity index (χ0v) is 9.93. The number of carbonyl (C=O) groups is 1. The number of ether oxygens (including phenoxy) is 1. The second-order valence-electron chi connectivity index (χ2n) is 3.57. The summed E-state index contributed by atoms with van der Waals surface area (Å²) < 4.78 is 6.49. The molecule has 0 radical (unpaired) electrons. The van der Waals surface area contributed by atoms with Crippen molar-refractivity contribution < 1.29 is 9.53 Å². The van der Waals surface area contributed by atoms with Gasteiger partial charge in [0.2, 0.25) is 5.88 Å². The Kier molecular flexibility index (Phi) is 3.13. The van der Waals surface area contributed by atoms with Crippen molar-refractivity contribution in [2.75, 3.05) is 12.4 Å². The minimum Gasteiger partial charge on any atom is -0.481 e. The summed E-state index contributed by atoms with van der Waals surface area (Å²) in [4.78, 5) is 26.0. The van der Waals surface area contributed by atoms with Crippen LogP contribution >= 0.6 is 0 Å². The molecule has 2 rings (SSSR count). The third-order valence-electron chi connectivity index (χ3n) is 2.36. The maximum absolute atomic E-state index is 11.8. The number of H-pyrrole nitrogens is 1. The molecule has 2 heterocycles. The fraction of sp³-hybridized carbons (Fsp3) is 0.182. The van der Waals surface area contributed by atoms with Crippen LogP contribution in [0.1, 0.15) is 10.4 Å². The number of nitrogens with one attached hydrogen (secondary N) is 2. The fourth-order valence-electron chi connectivity index (χ4n) is 1.48. The van der Waals surface area contributed by atoms with Crippen LogP contribution in [0.5, 0.6) is 5.88 Å². The lowest BCUT2D eigenvalue weighted by atomic mass is 10.2. The molecule has 0 aromatic carbocycles. The van der Waals surface area contributed by atoms with Crippen LogP contribution in [0.2, 0.25) is 0 Å². The molecule has 0 fully saturated rings. The van der Waals surface area contributed by atoms with Gasteiger partial charge in [-0.05, 0) is 0 Å². The molecule has 0 saturated heterocycles. The molecular formula is C11H12N4O3. The van der Waals surface area contributed by atoms with Crippen molar-refractivity contribution >= 4 is 11.7 Å². The Morgan fingerprint density at radius 1 is 1.56 bits per heavy atom. The summed E-state index contributed by atoms with van der Waals surface area (Å²) in [5.74, 6) is 0.312. The SMILES string of the molecule is COc1cc(NC(=O)c2c[nH]ccc2=O)nn1C. The van der Waals surface area contributed by atoms with Crippen molar-refractivity contribution in [2.45, 2.75) is 0 Å². The third kappa shape index (κ3) is 2.24. The maximum atomic E-state index is 11.8. The Morgan fingerprint density at radius 2 is 2.33 bits per heavy atom. The summed E-state index contributed by atoms with van der Waals surface area (Å²) in [5.41, 5.74) is -0.323. The monoisotopic (exact) mass is 248 g/mol. The lowest BCUT2D eigenvalue weighted by molar-refractivity contribution is 0.102. The van der Waals surface area contributed by atoms with Gasteiger partial charge in [-0.25, -0.2) is 4.68 Å². The Morgan fingerprint density at radius 3 is 2.94 bits per heavy atom. The van der Waals surface area contributed by atoms with E-state index in [1.807, 2.05) is 0 Å². The molecule has 0 bridgehead atoms. The van der Waals surface area contributed by atoms with Gasteiger partial charge >= 0.3 is 0 Å². The minimum absolute atomic E-state index is 0.0297. The first-order valence-corrected chi connectivity index (χ1v) is 5.18. The molecule has 7 heteroatoms. The molecule has 1 amide bonds. The average molecular weight is 248 g/mol. The number of pyridine rings is 1. The number of aromatic nitrogens is 3. The number of aromatic amines is 1. The van der Waals surface area contributed by atoms with Gasteiger partial charge in [-0.2, -0.15) is 5.10 Å². The molecule has 0 aliphatic heterocycles. The van der Waals surface area contributed by atoms with Crippen molar-refractivity contribution in [3.8, 4) is 5.88 Å². The lowest BCUT2D eigenvalue weighted by Gasteiger charge is -1.99. The quantitative estimate of drug-likeness (QED) is 0.821. The highest BCUT2D eigenvalue weighted by atomic mass is 16.5. The Labute approximate surface area is 102 Å². The van der Waals surface area contributed by atoms with Gasteiger partial charge < -0.3 is 15.0 Å². The van der Waals surface area contributed by atoms with E-state index in [9.17, 15) is 9.59 Å². The molecule has 2 N–H and O–H groups in total. The predicted octanol–water partition coefficient (Wildman–Crippen LogP) is 0.369. The number of amides is 1. The van der Waals surface area contributed by atoms with Crippen LogP contribution in [0.15, 0.2) is 29.3 Å². The molecule has 0 unspecified atom stereocenters. The summed E-state index contributed by atoms with van der Waals surface area (Å²) in [6, 6.07) is 2.85.